The van der Waals surface area contributed by atoms with Gasteiger partial charge in [-0.1, -0.05) is 30.9 Å². The molecule has 180 valence electrons. The molecule has 0 radical (unpaired) electrons. The van der Waals surface area contributed by atoms with Crippen LogP contribution in [0.4, 0.5) is 5.82 Å². The summed E-state index contributed by atoms with van der Waals surface area (Å²) in [6.07, 6.45) is 7.67. The van der Waals surface area contributed by atoms with Crippen LogP contribution in [0.25, 0.3) is 5.57 Å². The van der Waals surface area contributed by atoms with E-state index in [-0.39, 0.29) is 0 Å². The molecule has 1 aliphatic rings. The van der Waals surface area contributed by atoms with Gasteiger partial charge < -0.3 is 26.2 Å². The predicted molar refractivity (Wildman–Crippen MR) is 138 cm³/mol. The van der Waals surface area contributed by atoms with Crippen LogP contribution in [0.15, 0.2) is 47.7 Å². The van der Waals surface area contributed by atoms with Crippen molar-refractivity contribution in [2.75, 3.05) is 25.9 Å². The van der Waals surface area contributed by atoms with E-state index in [1.165, 1.54) is 6.20 Å². The van der Waals surface area contributed by atoms with Gasteiger partial charge in [0, 0.05) is 35.3 Å². The van der Waals surface area contributed by atoms with Gasteiger partial charge in [0.05, 0.1) is 6.04 Å². The number of ether oxygens (including phenoxy) is 1. The first kappa shape index (κ1) is 25.3. The highest BCUT2D eigenvalue weighted by Gasteiger charge is 2.15. The Labute approximate surface area is 202 Å². The van der Waals surface area contributed by atoms with E-state index >= 15 is 0 Å². The van der Waals surface area contributed by atoms with Gasteiger partial charge in [-0.15, -0.1) is 0 Å². The second kappa shape index (κ2) is 11.7. The van der Waals surface area contributed by atoms with E-state index in [2.05, 4.69) is 28.8 Å². The Morgan fingerprint density at radius 1 is 1.35 bits per heavy atom. The summed E-state index contributed by atoms with van der Waals surface area (Å²) in [6.45, 7) is 6.02. The van der Waals surface area contributed by atoms with E-state index in [1.807, 2.05) is 43.5 Å². The van der Waals surface area contributed by atoms with Gasteiger partial charge in [0.25, 0.3) is 0 Å². The monoisotopic (exact) mass is 461 g/mol. The smallest absolute Gasteiger partial charge is 0.166 e. The molecule has 1 unspecified atom stereocenters. The third kappa shape index (κ3) is 7.34. The maximum atomic E-state index is 10.1. The van der Waals surface area contributed by atoms with Crippen molar-refractivity contribution >= 4 is 17.6 Å². The number of hydrogen-bond donors (Lipinski definition) is 3. The molecule has 34 heavy (non-hydrogen) atoms. The first-order valence-corrected chi connectivity index (χ1v) is 11.7. The van der Waals surface area contributed by atoms with Crippen molar-refractivity contribution in [1.29, 1.82) is 0 Å². The summed E-state index contributed by atoms with van der Waals surface area (Å²) in [5, 5.41) is 10.1. The number of aliphatic imine (C=N–C) groups is 1. The third-order valence-corrected chi connectivity index (χ3v) is 5.99. The molecule has 1 saturated heterocycles. The minimum atomic E-state index is -1.00. The molecule has 0 saturated carbocycles. The van der Waals surface area contributed by atoms with Crippen LogP contribution in [0.3, 0.4) is 0 Å². The van der Waals surface area contributed by atoms with Gasteiger partial charge in [0.2, 0.25) is 0 Å². The molecule has 0 bridgehead atoms. The number of aliphatic hydroxyl groups is 1. The minimum absolute atomic E-state index is 0.306. The summed E-state index contributed by atoms with van der Waals surface area (Å²) >= 11 is 0. The molecule has 7 nitrogen and oxygen atoms in total. The molecule has 1 aliphatic heterocycles. The fourth-order valence-corrected chi connectivity index (χ4v) is 3.47. The second-order valence-corrected chi connectivity index (χ2v) is 8.91. The number of nitrogens with two attached hydrogens (primary N) is 2. The highest BCUT2D eigenvalue weighted by Crippen LogP contribution is 2.25. The zero-order chi connectivity index (χ0) is 24.6. The normalized spacial score (nSPS) is 17.2. The number of pyridine rings is 1. The summed E-state index contributed by atoms with van der Waals surface area (Å²) in [7, 11) is 2.13. The zero-order valence-corrected chi connectivity index (χ0v) is 20.3. The molecule has 1 atom stereocenters. The quantitative estimate of drug-likeness (QED) is 0.431. The summed E-state index contributed by atoms with van der Waals surface area (Å²) in [5.41, 5.74) is 14.3. The van der Waals surface area contributed by atoms with Crippen molar-refractivity contribution in [1.82, 2.24) is 9.88 Å². The Morgan fingerprint density at radius 2 is 2.12 bits per heavy atom. The molecule has 7 heteroatoms. The number of piperidine rings is 1. The number of rotatable bonds is 7. The molecule has 0 spiro atoms. The Balaban J connectivity index is 1.69. The molecule has 1 aromatic carbocycles. The van der Waals surface area contributed by atoms with Crippen LogP contribution < -0.4 is 16.2 Å². The van der Waals surface area contributed by atoms with Crippen LogP contribution in [0.1, 0.15) is 49.8 Å². The minimum Gasteiger partial charge on any atom is -0.485 e. The van der Waals surface area contributed by atoms with E-state index in [0.29, 0.717) is 30.6 Å². The number of nitrogen functional groups attached to an aromatic ring is 1. The molecular weight excluding hydrogens is 426 g/mol. The second-order valence-electron chi connectivity index (χ2n) is 8.91. The highest BCUT2D eigenvalue weighted by atomic mass is 16.5. The fraction of sp³-hybridized carbons (Fsp3) is 0.407. The lowest BCUT2D eigenvalue weighted by Gasteiger charge is -2.26. The van der Waals surface area contributed by atoms with E-state index in [4.69, 9.17) is 21.2 Å². The Kier molecular flexibility index (Phi) is 8.69. The van der Waals surface area contributed by atoms with E-state index in [0.717, 1.165) is 48.2 Å². The zero-order valence-electron chi connectivity index (χ0n) is 20.3. The number of aromatic nitrogens is 1. The maximum Gasteiger partial charge on any atom is 0.166 e. The van der Waals surface area contributed by atoms with E-state index in [9.17, 15) is 5.11 Å². The molecular formula is C27H35N5O2. The first-order chi connectivity index (χ1) is 16.3. The van der Waals surface area contributed by atoms with Gasteiger partial charge in [-0.25, -0.2) is 4.98 Å². The third-order valence-electron chi connectivity index (χ3n) is 5.99. The van der Waals surface area contributed by atoms with Gasteiger partial charge in [-0.2, -0.15) is 0 Å². The summed E-state index contributed by atoms with van der Waals surface area (Å²) < 4.78 is 5.98. The average molecular weight is 462 g/mol. The van der Waals surface area contributed by atoms with Gasteiger partial charge in [-0.3, -0.25) is 4.99 Å². The Morgan fingerprint density at radius 3 is 2.82 bits per heavy atom. The highest BCUT2D eigenvalue weighted by molar-refractivity contribution is 6.09. The topological polar surface area (TPSA) is 110 Å². The summed E-state index contributed by atoms with van der Waals surface area (Å²) in [5.74, 6) is 6.72. The Bertz CT molecular complexity index is 1090. The van der Waals surface area contributed by atoms with Gasteiger partial charge in [-0.05, 0) is 70.1 Å². The van der Waals surface area contributed by atoms with Crippen molar-refractivity contribution in [2.24, 2.45) is 10.7 Å². The first-order valence-electron chi connectivity index (χ1n) is 11.7. The van der Waals surface area contributed by atoms with Gasteiger partial charge in [0.15, 0.2) is 11.6 Å². The van der Waals surface area contributed by atoms with Crippen molar-refractivity contribution < 1.29 is 9.84 Å². The van der Waals surface area contributed by atoms with Crippen molar-refractivity contribution in [3.8, 4) is 17.6 Å². The van der Waals surface area contributed by atoms with Crippen LogP contribution in [-0.2, 0) is 6.61 Å². The van der Waals surface area contributed by atoms with Crippen LogP contribution in [0, 0.1) is 11.8 Å². The van der Waals surface area contributed by atoms with Crippen LogP contribution >= 0.6 is 0 Å². The lowest BCUT2D eigenvalue weighted by molar-refractivity contribution is 0.118. The standard InChI is InChI=1S/C27H35N5O2/c1-4-27(2,33)11-8-20-6-5-7-21(14-20)19-34-25-15-22(17-31-26(25)29)23(16-28)18-30-24-9-12-32(3)13-10-24/h5-7,14-18,24,33H,4,9-10,12-13,19,28H2,1-3H3,(H2,29,31). The van der Waals surface area contributed by atoms with E-state index < -0.39 is 5.60 Å². The fourth-order valence-electron chi connectivity index (χ4n) is 3.47. The molecule has 1 fully saturated rings. The van der Waals surface area contributed by atoms with E-state index in [1.54, 1.807) is 13.1 Å². The average Bonchev–Trinajstić information content (AvgIpc) is 2.84. The van der Waals surface area contributed by atoms with Crippen molar-refractivity contribution in [2.45, 2.75) is 51.4 Å². The lowest BCUT2D eigenvalue weighted by atomic mass is 10.0. The molecule has 1 aromatic heterocycles. The largest absolute Gasteiger partial charge is 0.485 e. The van der Waals surface area contributed by atoms with Crippen LogP contribution in [-0.4, -0.2) is 53.0 Å². The van der Waals surface area contributed by atoms with Gasteiger partial charge >= 0.3 is 0 Å². The summed E-state index contributed by atoms with van der Waals surface area (Å²) in [4.78, 5) is 11.3. The number of hydrogen-bond acceptors (Lipinski definition) is 7. The number of allylic oxidation sites excluding steroid dienone is 1. The predicted octanol–water partition coefficient (Wildman–Crippen LogP) is 3.22. The molecule has 2 heterocycles. The van der Waals surface area contributed by atoms with Crippen molar-refractivity contribution in [3.63, 3.8) is 0 Å². The Hall–Kier alpha value is -3.34. The number of nitrogens with zero attached hydrogens (tertiary/aromatic N) is 3. The molecule has 2 aromatic rings. The van der Waals surface area contributed by atoms with Crippen LogP contribution in [0.5, 0.6) is 5.75 Å². The SMILES string of the molecule is CCC(C)(O)C#Cc1cccc(COc2cc(C(C=NC3CCN(C)CC3)=CN)cnc2N)c1. The van der Waals surface area contributed by atoms with Gasteiger partial charge in [0.1, 0.15) is 12.2 Å². The van der Waals surface area contributed by atoms with Crippen molar-refractivity contribution in [3.05, 3.63) is 59.4 Å². The molecule has 3 rings (SSSR count). The lowest BCUT2D eigenvalue weighted by Crippen LogP contribution is -2.32. The molecule has 0 aliphatic carbocycles. The number of benzene rings is 1. The summed E-state index contributed by atoms with van der Waals surface area (Å²) in [6, 6.07) is 9.85. The number of likely N-dealkylation sites (tertiary alicyclic amines) is 1. The molecule has 5 N–H and O–H groups in total. The maximum absolute atomic E-state index is 10.1. The van der Waals surface area contributed by atoms with Crippen LogP contribution in [0.2, 0.25) is 0 Å². The number of anilines is 1. The molecule has 0 amide bonds.